The van der Waals surface area contributed by atoms with Crippen LogP contribution in [0.5, 0.6) is 5.75 Å². The minimum atomic E-state index is -0.175. The third-order valence-electron chi connectivity index (χ3n) is 2.78. The number of para-hydroxylation sites is 1. The summed E-state index contributed by atoms with van der Waals surface area (Å²) in [6.07, 6.45) is 2.11. The van der Waals surface area contributed by atoms with Crippen molar-refractivity contribution in [3.63, 3.8) is 0 Å². The van der Waals surface area contributed by atoms with Gasteiger partial charge < -0.3 is 10.1 Å². The molecule has 0 spiro atoms. The first-order valence-corrected chi connectivity index (χ1v) is 5.86. The molecule has 1 aliphatic heterocycles. The average Bonchev–Trinajstić information content (AvgIpc) is 2.31. The van der Waals surface area contributed by atoms with E-state index in [1.54, 1.807) is 0 Å². The number of nitrogens with one attached hydrogen (secondary N) is 2. The van der Waals surface area contributed by atoms with Gasteiger partial charge in [0.25, 0.3) is 0 Å². The highest BCUT2D eigenvalue weighted by atomic mass is 16.5. The molecule has 87 valence electrons. The lowest BCUT2D eigenvalue weighted by molar-refractivity contribution is 0.178. The lowest BCUT2D eigenvalue weighted by Crippen LogP contribution is -2.45. The van der Waals surface area contributed by atoms with Gasteiger partial charge in [0.05, 0.1) is 0 Å². The van der Waals surface area contributed by atoms with E-state index in [4.69, 9.17) is 4.74 Å². The zero-order valence-corrected chi connectivity index (χ0v) is 9.49. The molecule has 16 heavy (non-hydrogen) atoms. The number of hydrogen-bond donors (Lipinski definition) is 2. The van der Waals surface area contributed by atoms with Crippen molar-refractivity contribution in [3.8, 4) is 5.75 Å². The van der Waals surface area contributed by atoms with Crippen molar-refractivity contribution in [2.24, 2.45) is 0 Å². The summed E-state index contributed by atoms with van der Waals surface area (Å²) >= 11 is 0. The molecule has 1 aliphatic rings. The van der Waals surface area contributed by atoms with Gasteiger partial charge >= 0.3 is 0 Å². The van der Waals surface area contributed by atoms with Crippen LogP contribution in [0.3, 0.4) is 0 Å². The van der Waals surface area contributed by atoms with Crippen molar-refractivity contribution in [1.82, 2.24) is 10.6 Å². The second-order valence-corrected chi connectivity index (χ2v) is 4.11. The molecule has 1 radical (unpaired) electrons. The topological polar surface area (TPSA) is 33.3 Å². The Balaban J connectivity index is 1.77. The lowest BCUT2D eigenvalue weighted by Gasteiger charge is -2.27. The van der Waals surface area contributed by atoms with E-state index in [9.17, 15) is 0 Å². The molecule has 1 saturated heterocycles. The summed E-state index contributed by atoms with van der Waals surface area (Å²) in [5, 5.41) is 6.73. The highest BCUT2D eigenvalue weighted by Gasteiger charge is 2.15. The van der Waals surface area contributed by atoms with Gasteiger partial charge in [0.1, 0.15) is 5.75 Å². The normalized spacial score (nSPS) is 19.3. The van der Waals surface area contributed by atoms with E-state index in [-0.39, 0.29) is 6.23 Å². The Hall–Kier alpha value is -1.06. The molecule has 1 fully saturated rings. The maximum absolute atomic E-state index is 5.67. The van der Waals surface area contributed by atoms with Gasteiger partial charge in [-0.1, -0.05) is 18.2 Å². The number of benzene rings is 1. The van der Waals surface area contributed by atoms with Crippen molar-refractivity contribution in [3.05, 3.63) is 37.3 Å². The number of piperidine rings is 1. The minimum Gasteiger partial charge on any atom is -0.475 e. The summed E-state index contributed by atoms with van der Waals surface area (Å²) in [5.41, 5.74) is 0. The predicted octanol–water partition coefficient (Wildman–Crippen LogP) is 1.57. The molecular formula is C13H19N2O. The highest BCUT2D eigenvalue weighted by Crippen LogP contribution is 2.11. The summed E-state index contributed by atoms with van der Waals surface area (Å²) in [5.74, 6) is 0.865. The summed E-state index contributed by atoms with van der Waals surface area (Å²) in [4.78, 5) is 0. The van der Waals surface area contributed by atoms with E-state index in [0.29, 0.717) is 6.04 Å². The lowest BCUT2D eigenvalue weighted by atomic mass is 10.1. The zero-order valence-electron chi connectivity index (χ0n) is 9.49. The number of ether oxygens (including phenoxy) is 1. The van der Waals surface area contributed by atoms with Gasteiger partial charge in [-0.25, -0.2) is 0 Å². The molecule has 0 amide bonds. The predicted molar refractivity (Wildman–Crippen MR) is 65.2 cm³/mol. The maximum atomic E-state index is 5.67. The van der Waals surface area contributed by atoms with E-state index in [1.807, 2.05) is 30.3 Å². The average molecular weight is 219 g/mol. The van der Waals surface area contributed by atoms with Gasteiger partial charge in [-0.2, -0.15) is 0 Å². The van der Waals surface area contributed by atoms with Crippen LogP contribution in [0.2, 0.25) is 0 Å². The van der Waals surface area contributed by atoms with E-state index in [0.717, 1.165) is 31.7 Å². The van der Waals surface area contributed by atoms with Crippen molar-refractivity contribution in [2.45, 2.75) is 25.1 Å². The fourth-order valence-electron chi connectivity index (χ4n) is 1.95. The van der Waals surface area contributed by atoms with Crippen LogP contribution in [-0.2, 0) is 0 Å². The first-order valence-electron chi connectivity index (χ1n) is 5.86. The smallest absolute Gasteiger partial charge is 0.150 e. The molecule has 1 aromatic rings. The quantitative estimate of drug-likeness (QED) is 0.754. The van der Waals surface area contributed by atoms with Crippen LogP contribution in [0.25, 0.3) is 0 Å². The number of hydrogen-bond acceptors (Lipinski definition) is 3. The fourth-order valence-corrected chi connectivity index (χ4v) is 1.95. The van der Waals surface area contributed by atoms with Crippen molar-refractivity contribution >= 4 is 0 Å². The minimum absolute atomic E-state index is 0.175. The third kappa shape index (κ3) is 3.51. The largest absolute Gasteiger partial charge is 0.475 e. The van der Waals surface area contributed by atoms with Crippen LogP contribution in [-0.4, -0.2) is 25.4 Å². The summed E-state index contributed by atoms with van der Waals surface area (Å²) in [7, 11) is 0. The molecule has 1 unspecified atom stereocenters. The molecule has 1 heterocycles. The molecule has 2 rings (SSSR count). The second kappa shape index (κ2) is 5.87. The van der Waals surface area contributed by atoms with Crippen molar-refractivity contribution in [1.29, 1.82) is 0 Å². The Morgan fingerprint density at radius 2 is 1.94 bits per heavy atom. The molecule has 2 N–H and O–H groups in total. The van der Waals surface area contributed by atoms with Gasteiger partial charge in [0, 0.05) is 13.0 Å². The van der Waals surface area contributed by atoms with E-state index >= 15 is 0 Å². The molecule has 1 aromatic carbocycles. The maximum Gasteiger partial charge on any atom is 0.150 e. The fraction of sp³-hybridized carbons (Fsp3) is 0.462. The molecule has 0 bridgehead atoms. The highest BCUT2D eigenvalue weighted by molar-refractivity contribution is 5.21. The first-order chi connectivity index (χ1) is 7.84. The number of rotatable bonds is 4. The van der Waals surface area contributed by atoms with Crippen molar-refractivity contribution < 1.29 is 4.74 Å². The van der Waals surface area contributed by atoms with Crippen LogP contribution in [0.1, 0.15) is 12.8 Å². The van der Waals surface area contributed by atoms with Gasteiger partial charge in [-0.15, -0.1) is 0 Å². The Labute approximate surface area is 97.2 Å². The molecule has 3 nitrogen and oxygen atoms in total. The summed E-state index contributed by atoms with van der Waals surface area (Å²) in [6.45, 7) is 6.13. The van der Waals surface area contributed by atoms with E-state index < -0.39 is 0 Å². The van der Waals surface area contributed by atoms with Gasteiger partial charge in [-0.3, -0.25) is 5.32 Å². The van der Waals surface area contributed by atoms with E-state index in [2.05, 4.69) is 17.6 Å². The molecule has 1 atom stereocenters. The standard InChI is InChI=1S/C13H19N2O/c1-11(15-12-7-9-14-10-8-12)16-13-5-3-2-4-6-13/h2-6,11-12,14-15H,1,7-10H2. The van der Waals surface area contributed by atoms with Gasteiger partial charge in [0.15, 0.2) is 6.23 Å². The van der Waals surface area contributed by atoms with Crippen LogP contribution >= 0.6 is 0 Å². The molecule has 3 heteroatoms. The Kier molecular flexibility index (Phi) is 4.19. The monoisotopic (exact) mass is 219 g/mol. The Morgan fingerprint density at radius 1 is 1.25 bits per heavy atom. The Morgan fingerprint density at radius 3 is 2.62 bits per heavy atom. The first kappa shape index (κ1) is 11.4. The second-order valence-electron chi connectivity index (χ2n) is 4.11. The zero-order chi connectivity index (χ0) is 11.2. The van der Waals surface area contributed by atoms with Crippen molar-refractivity contribution in [2.75, 3.05) is 13.1 Å². The molecule has 0 aromatic heterocycles. The SMILES string of the molecule is [CH2]C(NC1CCNCC1)Oc1ccccc1. The van der Waals surface area contributed by atoms with Crippen LogP contribution < -0.4 is 15.4 Å². The van der Waals surface area contributed by atoms with Crippen LogP contribution in [0, 0.1) is 6.92 Å². The third-order valence-corrected chi connectivity index (χ3v) is 2.78. The van der Waals surface area contributed by atoms with E-state index in [1.165, 1.54) is 0 Å². The molecular weight excluding hydrogens is 200 g/mol. The Bertz CT molecular complexity index is 296. The summed E-state index contributed by atoms with van der Waals surface area (Å²) in [6, 6.07) is 10.3. The van der Waals surface area contributed by atoms with Crippen LogP contribution in [0.4, 0.5) is 0 Å². The molecule has 0 aliphatic carbocycles. The molecule has 0 saturated carbocycles. The van der Waals surface area contributed by atoms with Crippen LogP contribution in [0.15, 0.2) is 30.3 Å². The van der Waals surface area contributed by atoms with Gasteiger partial charge in [0.2, 0.25) is 0 Å². The van der Waals surface area contributed by atoms with Gasteiger partial charge in [-0.05, 0) is 38.1 Å². The summed E-state index contributed by atoms with van der Waals surface area (Å²) < 4.78 is 5.67.